The molecular formula is C21H27ClFNO3S. The first-order chi connectivity index (χ1) is 13.0. The summed E-state index contributed by atoms with van der Waals surface area (Å²) >= 11 is 4.63. The van der Waals surface area contributed by atoms with Crippen LogP contribution in [0.15, 0.2) is 35.9 Å². The summed E-state index contributed by atoms with van der Waals surface area (Å²) in [7, 11) is 0. The van der Waals surface area contributed by atoms with E-state index in [9.17, 15) is 14.0 Å². The second kappa shape index (κ2) is 10.4. The van der Waals surface area contributed by atoms with E-state index in [4.69, 9.17) is 4.74 Å². The molecule has 0 spiro atoms. The summed E-state index contributed by atoms with van der Waals surface area (Å²) in [6, 6.07) is 5.95. The molecule has 0 N–H and O–H groups in total. The molecule has 0 radical (unpaired) electrons. The van der Waals surface area contributed by atoms with Gasteiger partial charge in [0.25, 0.3) is 0 Å². The predicted molar refractivity (Wildman–Crippen MR) is 112 cm³/mol. The van der Waals surface area contributed by atoms with Crippen molar-refractivity contribution < 1.29 is 18.7 Å². The van der Waals surface area contributed by atoms with Gasteiger partial charge in [0.05, 0.1) is 19.1 Å². The first-order valence-corrected chi connectivity index (χ1v) is 10.1. The van der Waals surface area contributed by atoms with Crippen LogP contribution >= 0.6 is 25.0 Å². The SMILES string of the molecule is CCOC(=O)C/C=C1\CN(C(C(=O)C2CC2)c2ccccc2F)CCC1S.Cl. The number of ether oxygens (including phenoxy) is 1. The Hall–Kier alpha value is -1.37. The van der Waals surface area contributed by atoms with Gasteiger partial charge in [-0.05, 0) is 37.8 Å². The first kappa shape index (κ1) is 22.9. The highest BCUT2D eigenvalue weighted by molar-refractivity contribution is 7.81. The molecule has 1 aliphatic heterocycles. The molecule has 2 unspecified atom stereocenters. The monoisotopic (exact) mass is 427 g/mol. The number of piperidine rings is 1. The Morgan fingerprint density at radius 3 is 2.68 bits per heavy atom. The lowest BCUT2D eigenvalue weighted by molar-refractivity contribution is -0.142. The number of rotatable bonds is 7. The van der Waals surface area contributed by atoms with Crippen LogP contribution in [0.2, 0.25) is 0 Å². The zero-order valence-corrected chi connectivity index (χ0v) is 17.7. The fraction of sp³-hybridized carbons (Fsp3) is 0.524. The van der Waals surface area contributed by atoms with Crippen LogP contribution in [0.1, 0.15) is 44.2 Å². The summed E-state index contributed by atoms with van der Waals surface area (Å²) in [5, 5.41) is 0.0352. The maximum atomic E-state index is 14.5. The van der Waals surface area contributed by atoms with Gasteiger partial charge in [-0.1, -0.05) is 24.3 Å². The second-order valence-corrected chi connectivity index (χ2v) is 7.79. The van der Waals surface area contributed by atoms with Crippen LogP contribution in [0.4, 0.5) is 4.39 Å². The number of carbonyl (C=O) groups excluding carboxylic acids is 2. The van der Waals surface area contributed by atoms with Crippen LogP contribution in [0.3, 0.4) is 0 Å². The number of Topliss-reactive ketones (excluding diaryl/α,β-unsaturated/α-hetero) is 1. The van der Waals surface area contributed by atoms with E-state index in [0.717, 1.165) is 24.8 Å². The molecule has 3 rings (SSSR count). The molecule has 4 nitrogen and oxygen atoms in total. The van der Waals surface area contributed by atoms with Gasteiger partial charge >= 0.3 is 5.97 Å². The molecular weight excluding hydrogens is 401 g/mol. The minimum atomic E-state index is -0.578. The molecule has 2 atom stereocenters. The highest BCUT2D eigenvalue weighted by atomic mass is 35.5. The van der Waals surface area contributed by atoms with E-state index in [1.54, 1.807) is 25.1 Å². The van der Waals surface area contributed by atoms with Crippen molar-refractivity contribution in [2.45, 2.75) is 43.9 Å². The van der Waals surface area contributed by atoms with E-state index < -0.39 is 6.04 Å². The van der Waals surface area contributed by atoms with Crippen molar-refractivity contribution in [2.75, 3.05) is 19.7 Å². The molecule has 1 heterocycles. The van der Waals surface area contributed by atoms with Gasteiger partial charge in [-0.2, -0.15) is 12.6 Å². The van der Waals surface area contributed by atoms with Crippen LogP contribution in [0.5, 0.6) is 0 Å². The van der Waals surface area contributed by atoms with Gasteiger partial charge < -0.3 is 4.74 Å². The first-order valence-electron chi connectivity index (χ1n) is 9.56. The van der Waals surface area contributed by atoms with Crippen LogP contribution < -0.4 is 0 Å². The van der Waals surface area contributed by atoms with Gasteiger partial charge in [0, 0.05) is 29.8 Å². The number of nitrogens with zero attached hydrogens (tertiary/aromatic N) is 1. The molecule has 2 aliphatic rings. The Balaban J connectivity index is 0.00000280. The number of halogens is 2. The number of ketones is 1. The lowest BCUT2D eigenvalue weighted by atomic mass is 9.93. The summed E-state index contributed by atoms with van der Waals surface area (Å²) in [6.45, 7) is 3.30. The number of hydrogen-bond donors (Lipinski definition) is 1. The summed E-state index contributed by atoms with van der Waals surface area (Å²) in [5.41, 5.74) is 1.43. The average Bonchev–Trinajstić information content (AvgIpc) is 3.49. The zero-order chi connectivity index (χ0) is 19.4. The van der Waals surface area contributed by atoms with E-state index in [-0.39, 0.29) is 47.6 Å². The highest BCUT2D eigenvalue weighted by Gasteiger charge is 2.40. The van der Waals surface area contributed by atoms with Gasteiger partial charge in [-0.3, -0.25) is 14.5 Å². The molecule has 1 aromatic carbocycles. The summed E-state index contributed by atoms with van der Waals surface area (Å²) in [4.78, 5) is 26.7. The van der Waals surface area contributed by atoms with Crippen LogP contribution in [0.25, 0.3) is 0 Å². The van der Waals surface area contributed by atoms with Crippen molar-refractivity contribution in [1.29, 1.82) is 0 Å². The lowest BCUT2D eigenvalue weighted by Crippen LogP contribution is -2.42. The fourth-order valence-electron chi connectivity index (χ4n) is 3.57. The standard InChI is InChI=1S/C21H26FNO3S.ClH/c1-2-26-19(24)10-9-15-13-23(12-11-18(15)27)20(21(25)14-7-8-14)16-5-3-4-6-17(16)22;/h3-6,9,14,18,20,27H,2,7-8,10-13H2,1H3;1H/b15-9+;. The average molecular weight is 428 g/mol. The molecule has 154 valence electrons. The molecule has 0 aromatic heterocycles. The molecule has 0 bridgehead atoms. The quantitative estimate of drug-likeness (QED) is 0.403. The number of esters is 1. The number of carbonyl (C=O) groups is 2. The van der Waals surface area contributed by atoms with Crippen molar-refractivity contribution in [3.8, 4) is 0 Å². The van der Waals surface area contributed by atoms with E-state index in [2.05, 4.69) is 12.6 Å². The largest absolute Gasteiger partial charge is 0.466 e. The van der Waals surface area contributed by atoms with Crippen molar-refractivity contribution >= 4 is 36.8 Å². The molecule has 1 saturated carbocycles. The Kier molecular flexibility index (Phi) is 8.53. The van der Waals surface area contributed by atoms with E-state index in [0.29, 0.717) is 25.3 Å². The minimum Gasteiger partial charge on any atom is -0.466 e. The number of thiol groups is 1. The normalized spacial score (nSPS) is 22.4. The zero-order valence-electron chi connectivity index (χ0n) is 16.0. The van der Waals surface area contributed by atoms with Crippen LogP contribution in [-0.2, 0) is 14.3 Å². The van der Waals surface area contributed by atoms with Gasteiger partial charge in [-0.15, -0.1) is 12.4 Å². The number of hydrogen-bond acceptors (Lipinski definition) is 5. The van der Waals surface area contributed by atoms with Gasteiger partial charge in [0.2, 0.25) is 0 Å². The van der Waals surface area contributed by atoms with Crippen molar-refractivity contribution in [2.24, 2.45) is 5.92 Å². The molecule has 7 heteroatoms. The Labute approximate surface area is 177 Å². The minimum absolute atomic E-state index is 0. The Morgan fingerprint density at radius 1 is 1.32 bits per heavy atom. The Bertz CT molecular complexity index is 738. The molecule has 1 aliphatic carbocycles. The van der Waals surface area contributed by atoms with Crippen molar-refractivity contribution in [1.82, 2.24) is 4.90 Å². The summed E-state index contributed by atoms with van der Waals surface area (Å²) in [6.07, 6.45) is 4.56. The molecule has 1 saturated heterocycles. The van der Waals surface area contributed by atoms with E-state index in [1.807, 2.05) is 11.0 Å². The van der Waals surface area contributed by atoms with Crippen molar-refractivity contribution in [3.63, 3.8) is 0 Å². The number of likely N-dealkylation sites (tertiary alicyclic amines) is 1. The highest BCUT2D eigenvalue weighted by Crippen LogP contribution is 2.39. The third kappa shape index (κ3) is 5.58. The number of benzene rings is 1. The summed E-state index contributed by atoms with van der Waals surface area (Å²) < 4.78 is 19.5. The predicted octanol–water partition coefficient (Wildman–Crippen LogP) is 4.15. The van der Waals surface area contributed by atoms with Gasteiger partial charge in [0.1, 0.15) is 5.82 Å². The second-order valence-electron chi connectivity index (χ2n) is 7.16. The molecule has 0 amide bonds. The lowest BCUT2D eigenvalue weighted by Gasteiger charge is -2.37. The van der Waals surface area contributed by atoms with E-state index >= 15 is 0 Å². The topological polar surface area (TPSA) is 46.6 Å². The van der Waals surface area contributed by atoms with Crippen LogP contribution in [0, 0.1) is 11.7 Å². The summed E-state index contributed by atoms with van der Waals surface area (Å²) in [5.74, 6) is -0.485. The van der Waals surface area contributed by atoms with Gasteiger partial charge in [-0.25, -0.2) is 4.39 Å². The van der Waals surface area contributed by atoms with Crippen molar-refractivity contribution in [3.05, 3.63) is 47.3 Å². The van der Waals surface area contributed by atoms with Gasteiger partial charge in [0.15, 0.2) is 5.78 Å². The fourth-order valence-corrected chi connectivity index (χ4v) is 3.87. The van der Waals surface area contributed by atoms with Crippen LogP contribution in [-0.4, -0.2) is 41.6 Å². The molecule has 28 heavy (non-hydrogen) atoms. The smallest absolute Gasteiger partial charge is 0.309 e. The molecule has 1 aromatic rings. The molecule has 2 fully saturated rings. The third-order valence-corrected chi connectivity index (χ3v) is 5.74. The Morgan fingerprint density at radius 2 is 2.04 bits per heavy atom. The maximum Gasteiger partial charge on any atom is 0.309 e. The third-order valence-electron chi connectivity index (χ3n) is 5.15. The van der Waals surface area contributed by atoms with E-state index in [1.165, 1.54) is 6.07 Å². The maximum absolute atomic E-state index is 14.5.